The first-order valence-corrected chi connectivity index (χ1v) is 35.1. The SMILES string of the molecule is C.CC(C)CC(NC(=O)C(C)NC(=O)C(CC(=O)O)NC(=O)C(NC(=O)C(NC(=O)C(CCC(=O)O)NC(=O)C(CCC(N)=O)NC(=O)C(CCCN=C(N)N)NC(=O)C(Cc1cnc[nH]1)NC(=O)C(CC(C)C)NC(=O)C(C)NC(=O)C(CCCCN)NC(=O)C(N)CCCCN)C(C)O)C(C)C)C(=O)O. The normalized spacial score (nSPS) is 15.0. The fraction of sp³-hybridized carbons (Fsp3) is 0.697. The average Bonchev–Trinajstić information content (AvgIpc) is 1.03. The minimum Gasteiger partial charge on any atom is -0.481 e. The van der Waals surface area contributed by atoms with Gasteiger partial charge in [-0.3, -0.25) is 76.9 Å². The molecule has 606 valence electrons. The van der Waals surface area contributed by atoms with E-state index in [2.05, 4.69) is 78.8 Å². The number of primary amides is 1. The fourth-order valence-electron chi connectivity index (χ4n) is 10.3. The zero-order valence-electron chi connectivity index (χ0n) is 61.6. The highest BCUT2D eigenvalue weighted by molar-refractivity contribution is 6.00. The number of H-pyrrole nitrogens is 1. The molecule has 41 heteroatoms. The first kappa shape index (κ1) is 96.8. The predicted octanol–water partition coefficient (Wildman–Crippen LogP) is -6.10. The van der Waals surface area contributed by atoms with Crippen molar-refractivity contribution in [2.75, 3.05) is 19.6 Å². The quantitative estimate of drug-likeness (QED) is 0.0164. The number of aliphatic imine (C=N–C) groups is 1. The molecule has 0 saturated carbocycles. The Morgan fingerprint density at radius 2 is 0.850 bits per heavy atom. The maximum absolute atomic E-state index is 14.7. The van der Waals surface area contributed by atoms with Crippen LogP contribution in [0.15, 0.2) is 17.5 Å². The second-order valence-electron chi connectivity index (χ2n) is 26.9. The summed E-state index contributed by atoms with van der Waals surface area (Å²) >= 11 is 0. The average molecular weight is 1520 g/mol. The summed E-state index contributed by atoms with van der Waals surface area (Å²) in [6.07, 6.45) is -1.22. The summed E-state index contributed by atoms with van der Waals surface area (Å²) in [6, 6.07) is -20.2. The summed E-state index contributed by atoms with van der Waals surface area (Å²) < 4.78 is 0. The third-order valence-electron chi connectivity index (χ3n) is 16.2. The Hall–Kier alpha value is -10.2. The summed E-state index contributed by atoms with van der Waals surface area (Å²) in [6.45, 7) is 13.8. The highest BCUT2D eigenvalue weighted by Gasteiger charge is 2.39. The number of nitrogens with zero attached hydrogens (tertiary/aromatic N) is 2. The first-order chi connectivity index (χ1) is 49.6. The number of amides is 13. The van der Waals surface area contributed by atoms with E-state index in [9.17, 15) is 97.1 Å². The number of rotatable bonds is 53. The summed E-state index contributed by atoms with van der Waals surface area (Å²) in [7, 11) is 0. The minimum atomic E-state index is -2.03. The van der Waals surface area contributed by atoms with Gasteiger partial charge in [0.2, 0.25) is 76.8 Å². The van der Waals surface area contributed by atoms with E-state index >= 15 is 0 Å². The monoisotopic (exact) mass is 1520 g/mol. The van der Waals surface area contributed by atoms with E-state index in [1.54, 1.807) is 27.7 Å². The zero-order chi connectivity index (χ0) is 80.7. The molecule has 1 aromatic heterocycles. The molecule has 107 heavy (non-hydrogen) atoms. The molecule has 41 nitrogen and oxygen atoms in total. The van der Waals surface area contributed by atoms with E-state index in [-0.39, 0.29) is 76.0 Å². The molecule has 14 unspecified atom stereocenters. The van der Waals surface area contributed by atoms with Crippen LogP contribution in [0.4, 0.5) is 0 Å². The van der Waals surface area contributed by atoms with Crippen molar-refractivity contribution in [2.24, 2.45) is 57.1 Å². The minimum absolute atomic E-state index is 0. The van der Waals surface area contributed by atoms with Crippen molar-refractivity contribution < 1.29 is 97.1 Å². The van der Waals surface area contributed by atoms with Gasteiger partial charge in [-0.25, -0.2) is 9.78 Å². The highest BCUT2D eigenvalue weighted by atomic mass is 16.4. The molecule has 1 rings (SSSR count). The summed E-state index contributed by atoms with van der Waals surface area (Å²) in [4.78, 5) is 226. The molecular weight excluding hydrogens is 1410 g/mol. The number of unbranched alkanes of at least 4 members (excludes halogenated alkanes) is 2. The third kappa shape index (κ3) is 38.6. The molecule has 0 radical (unpaired) electrons. The smallest absolute Gasteiger partial charge is 0.326 e. The molecule has 0 saturated heterocycles. The van der Waals surface area contributed by atoms with Gasteiger partial charge in [-0.1, -0.05) is 55.4 Å². The number of aliphatic hydroxyl groups is 1. The van der Waals surface area contributed by atoms with E-state index in [1.165, 1.54) is 40.2 Å². The number of carbonyl (C=O) groups is 16. The number of aromatic nitrogens is 2. The van der Waals surface area contributed by atoms with Gasteiger partial charge in [0.15, 0.2) is 5.96 Å². The maximum Gasteiger partial charge on any atom is 0.326 e. The number of carboxylic acid groups (broad SMARTS) is 3. The van der Waals surface area contributed by atoms with Crippen LogP contribution in [-0.4, -0.2) is 235 Å². The lowest BCUT2D eigenvalue weighted by Gasteiger charge is -2.29. The molecule has 14 atom stereocenters. The lowest BCUT2D eigenvalue weighted by molar-refractivity contribution is -0.143. The molecule has 0 fully saturated rings. The Morgan fingerprint density at radius 1 is 0.449 bits per heavy atom. The van der Waals surface area contributed by atoms with E-state index in [4.69, 9.17) is 34.4 Å². The van der Waals surface area contributed by atoms with Crippen LogP contribution in [0.5, 0.6) is 0 Å². The Labute approximate surface area is 621 Å². The third-order valence-corrected chi connectivity index (χ3v) is 16.2. The van der Waals surface area contributed by atoms with Crippen molar-refractivity contribution in [3.05, 3.63) is 18.2 Å². The predicted molar refractivity (Wildman–Crippen MR) is 388 cm³/mol. The van der Waals surface area contributed by atoms with Gasteiger partial charge in [-0.2, -0.15) is 0 Å². The van der Waals surface area contributed by atoms with E-state index in [0.717, 1.165) is 6.92 Å². The van der Waals surface area contributed by atoms with E-state index in [0.29, 0.717) is 45.2 Å². The number of hydrogen-bond acceptors (Lipinski definition) is 22. The van der Waals surface area contributed by atoms with Crippen molar-refractivity contribution >= 4 is 101 Å². The van der Waals surface area contributed by atoms with Gasteiger partial charge in [-0.15, -0.1) is 0 Å². The summed E-state index contributed by atoms with van der Waals surface area (Å²) in [5, 5.41) is 68.8. The molecule has 29 N–H and O–H groups in total. The van der Waals surface area contributed by atoms with Crippen LogP contribution in [0.1, 0.15) is 172 Å². The Kier molecular flexibility index (Phi) is 45.6. The number of aromatic amines is 1. The number of guanidine groups is 1. The van der Waals surface area contributed by atoms with Gasteiger partial charge >= 0.3 is 17.9 Å². The van der Waals surface area contributed by atoms with Gasteiger partial charge in [-0.05, 0) is 122 Å². The number of nitrogens with one attached hydrogen (secondary N) is 13. The molecule has 0 aliphatic carbocycles. The van der Waals surface area contributed by atoms with E-state index < -0.39 is 217 Å². The first-order valence-electron chi connectivity index (χ1n) is 35.1. The Bertz CT molecular complexity index is 3130. The second kappa shape index (κ2) is 50.4. The molecular formula is C66H117N21O20. The van der Waals surface area contributed by atoms with Crippen LogP contribution in [0.25, 0.3) is 0 Å². The second-order valence-corrected chi connectivity index (χ2v) is 26.9. The number of hydrogen-bond donors (Lipinski definition) is 23. The highest BCUT2D eigenvalue weighted by Crippen LogP contribution is 2.14. The van der Waals surface area contributed by atoms with Gasteiger partial charge in [0.25, 0.3) is 0 Å². The lowest BCUT2D eigenvalue weighted by Crippen LogP contribution is -2.62. The number of carbonyl (C=O) groups excluding carboxylic acids is 13. The van der Waals surface area contributed by atoms with Crippen LogP contribution in [0.2, 0.25) is 0 Å². The fourth-order valence-corrected chi connectivity index (χ4v) is 10.3. The maximum atomic E-state index is 14.7. The molecule has 0 aliphatic rings. The molecule has 0 spiro atoms. The number of nitrogens with two attached hydrogens (primary N) is 6. The van der Waals surface area contributed by atoms with Crippen LogP contribution < -0.4 is 98.2 Å². The van der Waals surface area contributed by atoms with Crippen molar-refractivity contribution in [3.63, 3.8) is 0 Å². The number of carboxylic acids is 3. The number of aliphatic hydroxyl groups excluding tert-OH is 1. The molecule has 0 aliphatic heterocycles. The summed E-state index contributed by atoms with van der Waals surface area (Å²) in [5.74, 6) is -19.6. The number of imidazole rings is 1. The topological polar surface area (TPSA) is 696 Å². The van der Waals surface area contributed by atoms with E-state index in [1.807, 2.05) is 0 Å². The standard InChI is InChI=1S/C65H113N21O20.CH4/c1-31(2)25-43(81-52(93)34(7)75-55(96)39(16-11-13-23-67)77-54(95)38(68)15-10-12-22-66)60(101)82-44(27-37-29-72-30-74-37)61(102)78-40(17-14-24-73-65(70)71)56(97)79-41(18-20-47(69)88)57(98)80-42(19-21-48(89)90)58(99)86-51(36(9)87)63(104)85-50(33(5)6)62(103)83-45(28-49(91)92)59(100)76-35(8)53(94)84-46(64(105)106)26-32(3)4;/h29-36,38-46,50-51,87H,10-28,66-68H2,1-9H3,(H2,69,88)(H,72,74)(H,75,96)(H,76,100)(H,77,95)(H,78,102)(H,79,97)(H,80,98)(H,81,93)(H,82,101)(H,83,103)(H,84,94)(H,85,104)(H,86,99)(H,89,90)(H,91,92)(H,105,106)(H4,70,71,73);1H4. The van der Waals surface area contributed by atoms with Crippen molar-refractivity contribution in [1.29, 1.82) is 0 Å². The Balaban J connectivity index is 0.000112. The van der Waals surface area contributed by atoms with Crippen LogP contribution in [0, 0.1) is 17.8 Å². The zero-order valence-corrected chi connectivity index (χ0v) is 61.6. The molecule has 0 bridgehead atoms. The van der Waals surface area contributed by atoms with Crippen LogP contribution >= 0.6 is 0 Å². The van der Waals surface area contributed by atoms with Gasteiger partial charge in [0.05, 0.1) is 24.9 Å². The number of aliphatic carboxylic acids is 3. The van der Waals surface area contributed by atoms with Crippen molar-refractivity contribution in [3.8, 4) is 0 Å². The Morgan fingerprint density at radius 3 is 1.31 bits per heavy atom. The van der Waals surface area contributed by atoms with Crippen LogP contribution in [-0.2, 0) is 83.1 Å². The van der Waals surface area contributed by atoms with Crippen molar-refractivity contribution in [1.82, 2.24) is 73.8 Å². The van der Waals surface area contributed by atoms with Gasteiger partial charge in [0, 0.05) is 37.7 Å². The molecule has 0 aromatic carbocycles. The van der Waals surface area contributed by atoms with Crippen LogP contribution in [0.3, 0.4) is 0 Å². The molecule has 1 aromatic rings. The lowest BCUT2D eigenvalue weighted by atomic mass is 10.0. The van der Waals surface area contributed by atoms with Gasteiger partial charge in [0.1, 0.15) is 72.5 Å². The molecule has 13 amide bonds. The molecule has 1 heterocycles. The van der Waals surface area contributed by atoms with Crippen molar-refractivity contribution in [2.45, 2.75) is 257 Å². The van der Waals surface area contributed by atoms with Gasteiger partial charge < -0.3 is 124 Å². The summed E-state index contributed by atoms with van der Waals surface area (Å²) in [5.41, 5.74) is 34.2. The largest absolute Gasteiger partial charge is 0.481 e.